The molecule has 0 aromatic carbocycles. The fourth-order valence-electron chi connectivity index (χ4n) is 15.5. The van der Waals surface area contributed by atoms with E-state index in [1.165, 1.54) is 0 Å². The zero-order valence-electron chi connectivity index (χ0n) is 75.2. The number of ether oxygens (including phenoxy) is 8. The molecule has 2 saturated heterocycles. The average Bonchev–Trinajstić information content (AvgIpc) is 0.774. The Kier molecular flexibility index (Phi) is 66.0. The summed E-state index contributed by atoms with van der Waals surface area (Å²) in [5.74, 6) is -7.08. The van der Waals surface area contributed by atoms with Crippen LogP contribution in [-0.4, -0.2) is 188 Å². The fraction of sp³-hybridized carbons (Fsp3) is 0.910. The number of carbonyl (C=O) groups excluding carboxylic acids is 7. The number of rotatable bonds is 79. The van der Waals surface area contributed by atoms with Crippen molar-refractivity contribution < 1.29 is 129 Å². The highest BCUT2D eigenvalue weighted by Crippen LogP contribution is 2.43. The number of unbranched alkanes of at least 4 members (excludes halogenated alkanes) is 42. The first-order chi connectivity index (χ1) is 58.1. The monoisotopic (exact) mass is 1770 g/mol. The van der Waals surface area contributed by atoms with Crippen molar-refractivity contribution in [2.75, 3.05) is 19.8 Å². The minimum absolute atomic E-state index is 0.0318. The third-order valence-corrected chi connectivity index (χ3v) is 23.4. The SMILES string of the molecule is CCCCCCCCCCC[C@H](CC(=O)N[C@@H]1[C@@H](OC[C@H](NC(=O)C[C@@H](CCCCCCCCCCC)OC(=O)CCCCCCCCC)C(=O)O)O[C@@H](CO[C@@H]2O[C@H](COP(=O)(O)O)[C@@H](O)[C@H](O)[C@H]2NC(C)=O)[C@H](OP(=O)(O)O)[C@H]1OC(=O)C[C@@H](CCCCCCCCCCC)OC(=O)CCCCCCCCC)OC(=O)CCCCCCCCC. The highest BCUT2D eigenvalue weighted by Gasteiger charge is 2.54. The smallest absolute Gasteiger partial charge is 0.470 e. The van der Waals surface area contributed by atoms with Gasteiger partial charge >= 0.3 is 45.5 Å². The minimum atomic E-state index is -5.89. The number of aliphatic hydroxyl groups excluding tert-OH is 2. The van der Waals surface area contributed by atoms with Gasteiger partial charge in [0.15, 0.2) is 24.7 Å². The van der Waals surface area contributed by atoms with E-state index in [1.807, 2.05) is 0 Å². The Bertz CT molecular complexity index is 2820. The van der Waals surface area contributed by atoms with E-state index in [-0.39, 0.29) is 38.5 Å². The van der Waals surface area contributed by atoms with Crippen molar-refractivity contribution in [2.45, 2.75) is 500 Å². The van der Waals surface area contributed by atoms with E-state index in [1.54, 1.807) is 0 Å². The number of carboxylic acid groups (broad SMARTS) is 1. The molecule has 0 unspecified atom stereocenters. The van der Waals surface area contributed by atoms with E-state index < -0.39 is 188 Å². The molecule has 2 rings (SSSR count). The van der Waals surface area contributed by atoms with Crippen LogP contribution >= 0.6 is 15.6 Å². The number of hydrogen-bond donors (Lipinski definition) is 10. The number of carbonyl (C=O) groups is 8. The summed E-state index contributed by atoms with van der Waals surface area (Å²) < 4.78 is 85.4. The Labute approximate surface area is 725 Å². The zero-order valence-corrected chi connectivity index (χ0v) is 77.0. The molecule has 708 valence electrons. The molecule has 121 heavy (non-hydrogen) atoms. The third kappa shape index (κ3) is 58.0. The van der Waals surface area contributed by atoms with E-state index in [0.29, 0.717) is 44.9 Å². The van der Waals surface area contributed by atoms with Gasteiger partial charge < -0.3 is 88.7 Å². The molecule has 32 heteroatoms. The first-order valence-corrected chi connectivity index (χ1v) is 50.3. The van der Waals surface area contributed by atoms with Crippen LogP contribution in [0.15, 0.2) is 0 Å². The third-order valence-electron chi connectivity index (χ3n) is 22.4. The van der Waals surface area contributed by atoms with Gasteiger partial charge in [0.05, 0.1) is 39.1 Å². The molecule has 0 aliphatic carbocycles. The molecular formula is C89H165N3O27P2. The molecule has 10 N–H and O–H groups in total. The first-order valence-electron chi connectivity index (χ1n) is 47.3. The summed E-state index contributed by atoms with van der Waals surface area (Å²) in [6, 6.07) is -5.73. The summed E-state index contributed by atoms with van der Waals surface area (Å²) in [5.41, 5.74) is 0. The lowest BCUT2D eigenvalue weighted by atomic mass is 9.95. The van der Waals surface area contributed by atoms with Crippen LogP contribution in [0.4, 0.5) is 0 Å². The van der Waals surface area contributed by atoms with Crippen LogP contribution in [-0.2, 0) is 94.4 Å². The molecule has 14 atom stereocenters. The van der Waals surface area contributed by atoms with E-state index in [4.69, 9.17) is 42.4 Å². The number of aliphatic hydroxyl groups is 2. The number of nitrogens with one attached hydrogen (secondary N) is 3. The van der Waals surface area contributed by atoms with Gasteiger partial charge in [-0.1, -0.05) is 311 Å². The Balaban J connectivity index is 3.02. The van der Waals surface area contributed by atoms with Gasteiger partial charge in [-0.25, -0.2) is 13.9 Å². The van der Waals surface area contributed by atoms with Crippen molar-refractivity contribution in [3.63, 3.8) is 0 Å². The molecular weight excluding hydrogens is 1600 g/mol. The number of amides is 3. The van der Waals surface area contributed by atoms with E-state index in [0.717, 1.165) is 270 Å². The lowest BCUT2D eigenvalue weighted by Crippen LogP contribution is -2.68. The summed E-state index contributed by atoms with van der Waals surface area (Å²) in [5, 5.41) is 41.4. The minimum Gasteiger partial charge on any atom is -0.480 e. The predicted molar refractivity (Wildman–Crippen MR) is 462 cm³/mol. The maximum absolute atomic E-state index is 15.3. The van der Waals surface area contributed by atoms with Gasteiger partial charge in [0.25, 0.3) is 0 Å². The van der Waals surface area contributed by atoms with Gasteiger partial charge in [-0.15, -0.1) is 0 Å². The Morgan fingerprint density at radius 2 is 0.711 bits per heavy atom. The summed E-state index contributed by atoms with van der Waals surface area (Å²) >= 11 is 0. The van der Waals surface area contributed by atoms with Crippen LogP contribution < -0.4 is 16.0 Å². The average molecular weight is 1770 g/mol. The number of esters is 4. The topological polar surface area (TPSA) is 441 Å². The second-order valence-corrected chi connectivity index (χ2v) is 36.2. The van der Waals surface area contributed by atoms with Gasteiger partial charge in [0.2, 0.25) is 17.7 Å². The van der Waals surface area contributed by atoms with Crippen molar-refractivity contribution in [1.29, 1.82) is 0 Å². The zero-order chi connectivity index (χ0) is 89.3. The molecule has 2 aliphatic rings. The Morgan fingerprint density at radius 3 is 1.07 bits per heavy atom. The number of phosphoric ester groups is 2. The van der Waals surface area contributed by atoms with Crippen LogP contribution in [0.5, 0.6) is 0 Å². The van der Waals surface area contributed by atoms with Gasteiger partial charge in [-0.05, 0) is 57.8 Å². The second-order valence-electron chi connectivity index (χ2n) is 33.7. The molecule has 0 bridgehead atoms. The van der Waals surface area contributed by atoms with Crippen LogP contribution in [0.2, 0.25) is 0 Å². The van der Waals surface area contributed by atoms with Crippen molar-refractivity contribution in [3.05, 3.63) is 0 Å². The normalized spacial score (nSPS) is 20.4. The molecule has 0 saturated carbocycles. The number of aliphatic carboxylic acids is 1. The molecule has 2 heterocycles. The van der Waals surface area contributed by atoms with Crippen molar-refractivity contribution in [3.8, 4) is 0 Å². The first kappa shape index (κ1) is 113. The van der Waals surface area contributed by atoms with Crippen LogP contribution in [0.25, 0.3) is 0 Å². The summed E-state index contributed by atoms with van der Waals surface area (Å²) in [7, 11) is -11.2. The molecule has 0 radical (unpaired) electrons. The number of hydrogen-bond acceptors (Lipinski definition) is 22. The molecule has 0 spiro atoms. The molecule has 2 aliphatic heterocycles. The molecule has 0 aromatic rings. The molecule has 30 nitrogen and oxygen atoms in total. The van der Waals surface area contributed by atoms with E-state index >= 15 is 9.59 Å². The second kappa shape index (κ2) is 70.8. The Morgan fingerprint density at radius 1 is 0.372 bits per heavy atom. The van der Waals surface area contributed by atoms with Crippen molar-refractivity contribution >= 4 is 63.2 Å². The van der Waals surface area contributed by atoms with Crippen LogP contribution in [0.3, 0.4) is 0 Å². The highest BCUT2D eigenvalue weighted by atomic mass is 31.2. The van der Waals surface area contributed by atoms with Gasteiger partial charge in [-0.2, -0.15) is 0 Å². The summed E-state index contributed by atoms with van der Waals surface area (Å²) in [4.78, 5) is 154. The quantitative estimate of drug-likeness (QED) is 0.0117. The summed E-state index contributed by atoms with van der Waals surface area (Å²) in [6.45, 7) is 10.7. The number of phosphoric acid groups is 2. The van der Waals surface area contributed by atoms with Gasteiger partial charge in [0.1, 0.15) is 60.9 Å². The standard InChI is InChI=1S/C89H165N3O27P2/c1-8-14-20-26-32-35-41-44-50-56-69(113-77(96)59-53-47-38-29-23-17-11-4)62-75(94)91-72(87(102)103)65-110-89-82(92-76(95)63-70(57-51-45-42-36-33-27-21-15-9-2)114-78(97)60-54-48-39-30-24-18-12-5)86(118-80(99)64-71(58-52-46-43-37-34-28-22-16-10-3)115-79(98)61-55-49-40-31-25-19-13-6)85(119-121(107,108)109)74(117-89)66-111-88-81(90-68(7)93)84(101)83(100)73(116-88)67-112-120(104,105)106/h69-74,81-86,88-89,100-101H,8-67H2,1-7H3,(H,90,93)(H,91,94)(H,92,95)(H,102,103)(H2,104,105,106)(H2,107,108,109)/t69-,70-,71-,72+,73-,74+,81-,82+,83-,84-,85+,86+,88-,89+/m1/s1. The van der Waals surface area contributed by atoms with E-state index in [9.17, 15) is 72.8 Å². The van der Waals surface area contributed by atoms with Crippen LogP contribution in [0.1, 0.15) is 414 Å². The maximum atomic E-state index is 15.3. The molecule has 3 amide bonds. The van der Waals surface area contributed by atoms with Gasteiger partial charge in [0, 0.05) is 26.2 Å². The maximum Gasteiger partial charge on any atom is 0.470 e. The van der Waals surface area contributed by atoms with Gasteiger partial charge in [-0.3, -0.25) is 42.6 Å². The predicted octanol–water partition coefficient (Wildman–Crippen LogP) is 17.3. The van der Waals surface area contributed by atoms with Crippen LogP contribution in [0, 0.1) is 0 Å². The lowest BCUT2D eigenvalue weighted by Gasteiger charge is -2.47. The lowest BCUT2D eigenvalue weighted by molar-refractivity contribution is -0.303. The summed E-state index contributed by atoms with van der Waals surface area (Å²) in [6.07, 6.45) is 24.9. The highest BCUT2D eigenvalue weighted by molar-refractivity contribution is 7.46. The Hall–Kier alpha value is -4.26. The van der Waals surface area contributed by atoms with Crippen molar-refractivity contribution in [2.24, 2.45) is 0 Å². The van der Waals surface area contributed by atoms with E-state index in [2.05, 4.69) is 62.0 Å². The molecule has 2 fully saturated rings. The number of carboxylic acids is 1. The molecule has 0 aromatic heterocycles. The van der Waals surface area contributed by atoms with Crippen molar-refractivity contribution in [1.82, 2.24) is 16.0 Å². The largest absolute Gasteiger partial charge is 0.480 e. The fourth-order valence-corrected chi connectivity index (χ4v) is 16.4.